The van der Waals surface area contributed by atoms with E-state index in [0.717, 1.165) is 27.8 Å². The largest absolute Gasteiger partial charge is 0.465 e. The van der Waals surface area contributed by atoms with E-state index in [9.17, 15) is 9.59 Å². The number of hydrogen-bond donors (Lipinski definition) is 2. The molecule has 0 aromatic carbocycles. The fourth-order valence-corrected chi connectivity index (χ4v) is 4.93. The summed E-state index contributed by atoms with van der Waals surface area (Å²) < 4.78 is 0. The maximum Gasteiger partial charge on any atom is 0.407 e. The van der Waals surface area contributed by atoms with Crippen molar-refractivity contribution in [2.75, 3.05) is 31.1 Å². The molecule has 0 saturated carbocycles. The van der Waals surface area contributed by atoms with E-state index in [-0.39, 0.29) is 17.9 Å². The SMILES string of the molecule is O=C(N[C@@H]1CCN(C(=O)O)C1)C1CCN(c2nc(-c3ccnc(Cl)c3)cc3cnccc23)CC1. The Hall–Kier alpha value is -3.46. The molecule has 1 atom stereocenters. The van der Waals surface area contributed by atoms with Crippen LogP contribution in [0.4, 0.5) is 10.6 Å². The summed E-state index contributed by atoms with van der Waals surface area (Å²) in [6.07, 6.45) is 6.40. The minimum absolute atomic E-state index is 0.0130. The smallest absolute Gasteiger partial charge is 0.407 e. The monoisotopic (exact) mass is 480 g/mol. The number of carbonyl (C=O) groups is 2. The van der Waals surface area contributed by atoms with Crippen molar-refractivity contribution in [2.24, 2.45) is 5.92 Å². The predicted molar refractivity (Wildman–Crippen MR) is 129 cm³/mol. The highest BCUT2D eigenvalue weighted by molar-refractivity contribution is 6.29. The first-order valence-corrected chi connectivity index (χ1v) is 11.8. The minimum Gasteiger partial charge on any atom is -0.465 e. The number of rotatable bonds is 4. The van der Waals surface area contributed by atoms with Crippen LogP contribution in [0.5, 0.6) is 0 Å². The average molecular weight is 481 g/mol. The molecule has 176 valence electrons. The third-order valence-corrected chi connectivity index (χ3v) is 6.81. The third kappa shape index (κ3) is 4.61. The van der Waals surface area contributed by atoms with E-state index in [4.69, 9.17) is 21.7 Å². The Morgan fingerprint density at radius 1 is 1.09 bits per heavy atom. The first kappa shape index (κ1) is 22.3. The van der Waals surface area contributed by atoms with Crippen LogP contribution in [0.1, 0.15) is 19.3 Å². The molecule has 2 saturated heterocycles. The molecule has 2 fully saturated rings. The van der Waals surface area contributed by atoms with Crippen LogP contribution in [0.3, 0.4) is 0 Å². The van der Waals surface area contributed by atoms with Gasteiger partial charge in [-0.15, -0.1) is 0 Å². The van der Waals surface area contributed by atoms with Gasteiger partial charge < -0.3 is 20.2 Å². The van der Waals surface area contributed by atoms with Gasteiger partial charge in [0, 0.05) is 73.1 Å². The fraction of sp³-hybridized carbons (Fsp3) is 0.375. The van der Waals surface area contributed by atoms with Crippen molar-refractivity contribution in [3.05, 3.63) is 48.0 Å². The Morgan fingerprint density at radius 3 is 2.65 bits per heavy atom. The minimum atomic E-state index is -0.934. The van der Waals surface area contributed by atoms with E-state index in [1.165, 1.54) is 4.90 Å². The van der Waals surface area contributed by atoms with Gasteiger partial charge in [-0.05, 0) is 43.5 Å². The lowest BCUT2D eigenvalue weighted by molar-refractivity contribution is -0.126. The number of aromatic nitrogens is 3. The third-order valence-electron chi connectivity index (χ3n) is 6.60. The van der Waals surface area contributed by atoms with Gasteiger partial charge >= 0.3 is 6.09 Å². The summed E-state index contributed by atoms with van der Waals surface area (Å²) >= 11 is 6.10. The van der Waals surface area contributed by atoms with Crippen molar-refractivity contribution >= 4 is 40.2 Å². The molecule has 3 aromatic rings. The maximum absolute atomic E-state index is 12.8. The molecular formula is C24H25ClN6O3. The molecule has 2 N–H and O–H groups in total. The van der Waals surface area contributed by atoms with Gasteiger partial charge in [-0.2, -0.15) is 0 Å². The summed E-state index contributed by atoms with van der Waals surface area (Å²) in [5.41, 5.74) is 1.68. The number of likely N-dealkylation sites (tertiary alicyclic amines) is 1. The first-order chi connectivity index (χ1) is 16.5. The van der Waals surface area contributed by atoms with Crippen LogP contribution in [0, 0.1) is 5.92 Å². The van der Waals surface area contributed by atoms with Gasteiger partial charge in [0.05, 0.1) is 5.69 Å². The predicted octanol–water partition coefficient (Wildman–Crippen LogP) is 3.43. The molecule has 2 aliphatic rings. The Morgan fingerprint density at radius 2 is 1.91 bits per heavy atom. The molecule has 0 aliphatic carbocycles. The van der Waals surface area contributed by atoms with Gasteiger partial charge in [0.15, 0.2) is 0 Å². The van der Waals surface area contributed by atoms with Crippen molar-refractivity contribution in [3.63, 3.8) is 0 Å². The van der Waals surface area contributed by atoms with Crippen molar-refractivity contribution in [3.8, 4) is 11.3 Å². The molecule has 0 spiro atoms. The van der Waals surface area contributed by atoms with E-state index in [1.807, 2.05) is 24.4 Å². The number of fused-ring (bicyclic) bond motifs is 1. The second-order valence-electron chi connectivity index (χ2n) is 8.78. The number of piperidine rings is 1. The fourth-order valence-electron chi connectivity index (χ4n) is 4.75. The summed E-state index contributed by atoms with van der Waals surface area (Å²) in [5, 5.41) is 14.6. The number of halogens is 1. The van der Waals surface area contributed by atoms with Gasteiger partial charge in [-0.1, -0.05) is 11.6 Å². The second kappa shape index (κ2) is 9.42. The number of anilines is 1. The highest BCUT2D eigenvalue weighted by Gasteiger charge is 2.31. The van der Waals surface area contributed by atoms with Crippen molar-refractivity contribution in [1.82, 2.24) is 25.2 Å². The van der Waals surface area contributed by atoms with Crippen molar-refractivity contribution in [1.29, 1.82) is 0 Å². The van der Waals surface area contributed by atoms with Gasteiger partial charge in [0.2, 0.25) is 5.91 Å². The van der Waals surface area contributed by atoms with E-state index in [2.05, 4.69) is 20.2 Å². The molecule has 10 heteroatoms. The molecule has 5 rings (SSSR count). The van der Waals surface area contributed by atoms with Crippen LogP contribution in [-0.2, 0) is 4.79 Å². The molecule has 0 radical (unpaired) electrons. The number of hydrogen-bond acceptors (Lipinski definition) is 6. The number of amides is 2. The zero-order valence-corrected chi connectivity index (χ0v) is 19.3. The van der Waals surface area contributed by atoms with E-state index in [0.29, 0.717) is 50.6 Å². The first-order valence-electron chi connectivity index (χ1n) is 11.4. The molecule has 0 unspecified atom stereocenters. The van der Waals surface area contributed by atoms with Crippen LogP contribution >= 0.6 is 11.6 Å². The van der Waals surface area contributed by atoms with Gasteiger partial charge in [-0.25, -0.2) is 14.8 Å². The summed E-state index contributed by atoms with van der Waals surface area (Å²) in [4.78, 5) is 40.8. The Balaban J connectivity index is 1.31. The number of nitrogens with zero attached hydrogens (tertiary/aromatic N) is 5. The molecule has 2 aliphatic heterocycles. The molecule has 34 heavy (non-hydrogen) atoms. The van der Waals surface area contributed by atoms with Gasteiger partial charge in [0.25, 0.3) is 0 Å². The molecule has 5 heterocycles. The molecular weight excluding hydrogens is 456 g/mol. The zero-order valence-electron chi connectivity index (χ0n) is 18.5. The number of carboxylic acid groups (broad SMARTS) is 1. The van der Waals surface area contributed by atoms with E-state index < -0.39 is 6.09 Å². The number of nitrogens with one attached hydrogen (secondary N) is 1. The van der Waals surface area contributed by atoms with Crippen molar-refractivity contribution in [2.45, 2.75) is 25.3 Å². The van der Waals surface area contributed by atoms with Crippen molar-refractivity contribution < 1.29 is 14.7 Å². The summed E-state index contributed by atoms with van der Waals surface area (Å²) in [7, 11) is 0. The van der Waals surface area contributed by atoms with Crippen LogP contribution < -0.4 is 10.2 Å². The van der Waals surface area contributed by atoms with Gasteiger partial charge in [0.1, 0.15) is 11.0 Å². The standard InChI is InChI=1S/C24H25ClN6O3/c25-21-12-16(1-7-27-21)20-11-17-13-26-6-2-19(17)22(29-20)30-8-3-15(4-9-30)23(32)28-18-5-10-31(14-18)24(33)34/h1-2,6-7,11-13,15,18H,3-5,8-10,14H2,(H,28,32)(H,33,34)/t18-/m1/s1. The van der Waals surface area contributed by atoms with E-state index in [1.54, 1.807) is 18.5 Å². The quantitative estimate of drug-likeness (QED) is 0.550. The maximum atomic E-state index is 12.8. The van der Waals surface area contributed by atoms with Crippen LogP contribution in [0.2, 0.25) is 5.15 Å². The van der Waals surface area contributed by atoms with Crippen LogP contribution in [-0.4, -0.2) is 69.2 Å². The lowest BCUT2D eigenvalue weighted by Crippen LogP contribution is -2.45. The number of carbonyl (C=O) groups excluding carboxylic acids is 1. The Labute approximate surface area is 201 Å². The lowest BCUT2D eigenvalue weighted by Gasteiger charge is -2.33. The Bertz CT molecular complexity index is 1230. The normalized spacial score (nSPS) is 18.9. The summed E-state index contributed by atoms with van der Waals surface area (Å²) in [5.74, 6) is 0.791. The summed E-state index contributed by atoms with van der Waals surface area (Å²) in [6, 6.07) is 7.53. The van der Waals surface area contributed by atoms with Crippen LogP contribution in [0.25, 0.3) is 22.0 Å². The molecule has 2 amide bonds. The average Bonchev–Trinajstić information content (AvgIpc) is 3.32. The molecule has 3 aromatic heterocycles. The molecule has 0 bridgehead atoms. The lowest BCUT2D eigenvalue weighted by atomic mass is 9.95. The highest BCUT2D eigenvalue weighted by atomic mass is 35.5. The summed E-state index contributed by atoms with van der Waals surface area (Å²) in [6.45, 7) is 2.23. The zero-order chi connectivity index (χ0) is 23.7. The highest BCUT2D eigenvalue weighted by Crippen LogP contribution is 2.32. The second-order valence-corrected chi connectivity index (χ2v) is 9.17. The Kier molecular flexibility index (Phi) is 6.19. The van der Waals surface area contributed by atoms with Gasteiger partial charge in [-0.3, -0.25) is 9.78 Å². The number of pyridine rings is 3. The topological polar surface area (TPSA) is 112 Å². The van der Waals surface area contributed by atoms with Crippen LogP contribution in [0.15, 0.2) is 42.9 Å². The van der Waals surface area contributed by atoms with E-state index >= 15 is 0 Å². The molecule has 9 nitrogen and oxygen atoms in total.